The standard InChI is InChI=1S/C12H19FN2O5S2/c1-20-8-7-14-5-6-15-22(18,19)10-3-4-12(11(13)9-10)21(2,16)17/h3-4,9,14-15H,5-8H2,1-2H3. The molecule has 1 rings (SSSR count). The highest BCUT2D eigenvalue weighted by Crippen LogP contribution is 2.18. The molecule has 0 bridgehead atoms. The van der Waals surface area contributed by atoms with Gasteiger partial charge in [-0.1, -0.05) is 0 Å². The van der Waals surface area contributed by atoms with Crippen LogP contribution in [0.15, 0.2) is 28.0 Å². The van der Waals surface area contributed by atoms with E-state index in [-0.39, 0.29) is 11.4 Å². The number of halogens is 1. The first-order valence-corrected chi connectivity index (χ1v) is 9.75. The van der Waals surface area contributed by atoms with E-state index < -0.39 is 30.6 Å². The van der Waals surface area contributed by atoms with Crippen LogP contribution in [0.3, 0.4) is 0 Å². The Morgan fingerprint density at radius 1 is 1.14 bits per heavy atom. The van der Waals surface area contributed by atoms with Crippen molar-refractivity contribution in [2.24, 2.45) is 0 Å². The first kappa shape index (κ1) is 19.0. The maximum Gasteiger partial charge on any atom is 0.240 e. The maximum absolute atomic E-state index is 13.7. The second-order valence-corrected chi connectivity index (χ2v) is 8.26. The van der Waals surface area contributed by atoms with Gasteiger partial charge in [-0.3, -0.25) is 0 Å². The number of methoxy groups -OCH3 is 1. The van der Waals surface area contributed by atoms with Crippen LogP contribution in [0.25, 0.3) is 0 Å². The molecule has 0 heterocycles. The fourth-order valence-corrected chi connectivity index (χ4v) is 3.38. The number of ether oxygens (including phenoxy) is 1. The van der Waals surface area contributed by atoms with Gasteiger partial charge in [0.15, 0.2) is 9.84 Å². The van der Waals surface area contributed by atoms with E-state index in [4.69, 9.17) is 4.74 Å². The van der Waals surface area contributed by atoms with Crippen LogP contribution in [0.1, 0.15) is 0 Å². The van der Waals surface area contributed by atoms with Crippen molar-refractivity contribution in [3.63, 3.8) is 0 Å². The van der Waals surface area contributed by atoms with Crippen LogP contribution in [0.2, 0.25) is 0 Å². The van der Waals surface area contributed by atoms with Crippen molar-refractivity contribution < 1.29 is 26.0 Å². The van der Waals surface area contributed by atoms with Crippen molar-refractivity contribution in [3.05, 3.63) is 24.0 Å². The number of sulfone groups is 1. The first-order valence-electron chi connectivity index (χ1n) is 6.37. The van der Waals surface area contributed by atoms with Crippen LogP contribution >= 0.6 is 0 Å². The molecule has 0 radical (unpaired) electrons. The molecule has 1 aromatic rings. The molecule has 22 heavy (non-hydrogen) atoms. The molecule has 1 aromatic carbocycles. The molecule has 0 aliphatic carbocycles. The summed E-state index contributed by atoms with van der Waals surface area (Å²) < 4.78 is 67.3. The lowest BCUT2D eigenvalue weighted by Crippen LogP contribution is -2.33. The molecule has 126 valence electrons. The zero-order chi connectivity index (χ0) is 16.8. The number of nitrogens with one attached hydrogen (secondary N) is 2. The Labute approximate surface area is 129 Å². The van der Waals surface area contributed by atoms with Crippen LogP contribution in [0.5, 0.6) is 0 Å². The molecule has 0 aromatic heterocycles. The van der Waals surface area contributed by atoms with Crippen molar-refractivity contribution in [2.75, 3.05) is 39.6 Å². The monoisotopic (exact) mass is 354 g/mol. The van der Waals surface area contributed by atoms with E-state index in [0.29, 0.717) is 25.8 Å². The van der Waals surface area contributed by atoms with Crippen molar-refractivity contribution in [2.45, 2.75) is 9.79 Å². The number of sulfonamides is 1. The Bertz CT molecular complexity index is 704. The average Bonchev–Trinajstić information content (AvgIpc) is 2.41. The Hall–Kier alpha value is -1.07. The molecular weight excluding hydrogens is 335 g/mol. The van der Waals surface area contributed by atoms with Gasteiger partial charge in [0.1, 0.15) is 10.7 Å². The molecule has 2 N–H and O–H groups in total. The van der Waals surface area contributed by atoms with Crippen LogP contribution in [-0.4, -0.2) is 56.4 Å². The molecular formula is C12H19FN2O5S2. The van der Waals surface area contributed by atoms with E-state index in [1.165, 1.54) is 0 Å². The number of rotatable bonds is 9. The van der Waals surface area contributed by atoms with Crippen molar-refractivity contribution in [3.8, 4) is 0 Å². The third-order valence-corrected chi connectivity index (χ3v) is 5.28. The van der Waals surface area contributed by atoms with Gasteiger partial charge >= 0.3 is 0 Å². The highest BCUT2D eigenvalue weighted by molar-refractivity contribution is 7.90. The second-order valence-electron chi connectivity index (χ2n) is 4.50. The van der Waals surface area contributed by atoms with Gasteiger partial charge in [0.05, 0.1) is 11.5 Å². The summed E-state index contributed by atoms with van der Waals surface area (Å²) in [5.74, 6) is -1.09. The van der Waals surface area contributed by atoms with Gasteiger partial charge in [0, 0.05) is 33.0 Å². The predicted octanol–water partition coefficient (Wildman–Crippen LogP) is -0.256. The molecule has 0 atom stereocenters. The Morgan fingerprint density at radius 3 is 2.36 bits per heavy atom. The third-order valence-electron chi connectivity index (χ3n) is 2.69. The molecule has 0 aliphatic rings. The van der Waals surface area contributed by atoms with Gasteiger partial charge in [0.2, 0.25) is 10.0 Å². The molecule has 0 unspecified atom stereocenters. The molecule has 0 saturated heterocycles. The molecule has 0 fully saturated rings. The lowest BCUT2D eigenvalue weighted by molar-refractivity contribution is 0.199. The zero-order valence-corrected chi connectivity index (χ0v) is 13.9. The first-order chi connectivity index (χ1) is 10.2. The lowest BCUT2D eigenvalue weighted by Gasteiger charge is -2.09. The van der Waals surface area contributed by atoms with E-state index in [0.717, 1.165) is 18.4 Å². The predicted molar refractivity (Wildman–Crippen MR) is 79.4 cm³/mol. The van der Waals surface area contributed by atoms with E-state index in [9.17, 15) is 21.2 Å². The smallest absolute Gasteiger partial charge is 0.240 e. The summed E-state index contributed by atoms with van der Waals surface area (Å²) >= 11 is 0. The van der Waals surface area contributed by atoms with Crippen molar-refractivity contribution in [1.29, 1.82) is 0 Å². The summed E-state index contributed by atoms with van der Waals surface area (Å²) in [6, 6.07) is 2.69. The van der Waals surface area contributed by atoms with E-state index in [2.05, 4.69) is 10.0 Å². The highest BCUT2D eigenvalue weighted by Gasteiger charge is 2.19. The quantitative estimate of drug-likeness (QED) is 0.593. The normalized spacial score (nSPS) is 12.5. The van der Waals surface area contributed by atoms with Gasteiger partial charge in [-0.05, 0) is 18.2 Å². The summed E-state index contributed by atoms with van der Waals surface area (Å²) in [7, 11) is -6.08. The molecule has 0 aliphatic heterocycles. The van der Waals surface area contributed by atoms with E-state index in [1.807, 2.05) is 0 Å². The third kappa shape index (κ3) is 5.61. The van der Waals surface area contributed by atoms with Crippen molar-refractivity contribution >= 4 is 19.9 Å². The number of hydrogen-bond donors (Lipinski definition) is 2. The molecule has 10 heteroatoms. The fraction of sp³-hybridized carbons (Fsp3) is 0.500. The van der Waals surface area contributed by atoms with Crippen LogP contribution in [-0.2, 0) is 24.6 Å². The lowest BCUT2D eigenvalue weighted by atomic mass is 10.3. The van der Waals surface area contributed by atoms with Gasteiger partial charge in [-0.2, -0.15) is 0 Å². The van der Waals surface area contributed by atoms with Crippen LogP contribution < -0.4 is 10.0 Å². The second kappa shape index (κ2) is 7.97. The van der Waals surface area contributed by atoms with Gasteiger partial charge in [0.25, 0.3) is 0 Å². The summed E-state index contributed by atoms with van der Waals surface area (Å²) in [6.45, 7) is 1.58. The summed E-state index contributed by atoms with van der Waals surface area (Å²) in [6.07, 6.45) is 0.851. The largest absolute Gasteiger partial charge is 0.383 e. The van der Waals surface area contributed by atoms with Crippen LogP contribution in [0, 0.1) is 5.82 Å². The van der Waals surface area contributed by atoms with Gasteiger partial charge in [-0.15, -0.1) is 0 Å². The SMILES string of the molecule is COCCNCCNS(=O)(=O)c1ccc(S(C)(=O)=O)c(F)c1. The molecule has 0 saturated carbocycles. The van der Waals surface area contributed by atoms with Crippen LogP contribution in [0.4, 0.5) is 4.39 Å². The molecule has 7 nitrogen and oxygen atoms in total. The zero-order valence-electron chi connectivity index (χ0n) is 12.3. The number of hydrogen-bond acceptors (Lipinski definition) is 6. The summed E-state index contributed by atoms with van der Waals surface area (Å²) in [4.78, 5) is -0.859. The average molecular weight is 354 g/mol. The summed E-state index contributed by atoms with van der Waals surface area (Å²) in [5.41, 5.74) is 0. The van der Waals surface area contributed by atoms with Gasteiger partial charge < -0.3 is 10.1 Å². The minimum Gasteiger partial charge on any atom is -0.383 e. The Kier molecular flexibility index (Phi) is 6.88. The minimum absolute atomic E-state index is 0.113. The fourth-order valence-electron chi connectivity index (χ4n) is 1.61. The highest BCUT2D eigenvalue weighted by atomic mass is 32.2. The van der Waals surface area contributed by atoms with Crippen molar-refractivity contribution in [1.82, 2.24) is 10.0 Å². The summed E-state index contributed by atoms with van der Waals surface area (Å²) in [5, 5.41) is 2.95. The maximum atomic E-state index is 13.7. The van der Waals surface area contributed by atoms with E-state index in [1.54, 1.807) is 7.11 Å². The van der Waals surface area contributed by atoms with Gasteiger partial charge in [-0.25, -0.2) is 25.9 Å². The van der Waals surface area contributed by atoms with E-state index >= 15 is 0 Å². The molecule has 0 spiro atoms. The minimum atomic E-state index is -3.89. The molecule has 0 amide bonds. The Balaban J connectivity index is 2.72. The number of benzene rings is 1. The Morgan fingerprint density at radius 2 is 1.82 bits per heavy atom. The topological polar surface area (TPSA) is 102 Å².